The van der Waals surface area contributed by atoms with Crippen LogP contribution in [-0.2, 0) is 6.54 Å². The Balaban J connectivity index is 1.70. The molecule has 5 nitrogen and oxygen atoms in total. The Labute approximate surface area is 131 Å². The van der Waals surface area contributed by atoms with E-state index in [1.165, 1.54) is 0 Å². The van der Waals surface area contributed by atoms with Crippen molar-refractivity contribution in [2.24, 2.45) is 0 Å². The lowest BCUT2D eigenvalue weighted by molar-refractivity contribution is 0.808. The molecular formula is C14H11Cl2N5. The van der Waals surface area contributed by atoms with E-state index in [0.717, 1.165) is 11.3 Å². The predicted molar refractivity (Wildman–Crippen MR) is 82.9 cm³/mol. The normalized spacial score (nSPS) is 10.6. The van der Waals surface area contributed by atoms with E-state index in [0.29, 0.717) is 22.5 Å². The van der Waals surface area contributed by atoms with Crippen LogP contribution in [0.4, 0.5) is 5.69 Å². The number of anilines is 1. The Kier molecular flexibility index (Phi) is 4.03. The minimum absolute atomic E-state index is 0.523. The van der Waals surface area contributed by atoms with Crippen molar-refractivity contribution in [2.75, 3.05) is 5.32 Å². The molecule has 0 unspecified atom stereocenters. The number of aromatic nitrogens is 4. The molecule has 106 valence electrons. The van der Waals surface area contributed by atoms with Crippen molar-refractivity contribution in [3.63, 3.8) is 0 Å². The van der Waals surface area contributed by atoms with Crippen LogP contribution in [0.25, 0.3) is 5.95 Å². The second kappa shape index (κ2) is 6.11. The average molecular weight is 320 g/mol. The number of rotatable bonds is 4. The minimum atomic E-state index is 0.523. The molecular weight excluding hydrogens is 309 g/mol. The van der Waals surface area contributed by atoms with Gasteiger partial charge in [0.05, 0.1) is 18.1 Å². The molecule has 1 aromatic carbocycles. The molecule has 0 aliphatic carbocycles. The highest BCUT2D eigenvalue weighted by Crippen LogP contribution is 2.22. The van der Waals surface area contributed by atoms with E-state index in [1.54, 1.807) is 35.4 Å². The van der Waals surface area contributed by atoms with Gasteiger partial charge in [0.15, 0.2) is 0 Å². The van der Waals surface area contributed by atoms with Gasteiger partial charge in [-0.2, -0.15) is 5.10 Å². The molecule has 0 amide bonds. The van der Waals surface area contributed by atoms with E-state index in [4.69, 9.17) is 23.2 Å². The van der Waals surface area contributed by atoms with Gasteiger partial charge in [-0.15, -0.1) is 0 Å². The SMILES string of the molecule is Clc1ccc(CNc2cnn(-c3ncccn3)c2)c(Cl)c1. The molecule has 0 aliphatic heterocycles. The van der Waals surface area contributed by atoms with Gasteiger partial charge in [0, 0.05) is 29.0 Å². The van der Waals surface area contributed by atoms with Gasteiger partial charge in [0.1, 0.15) is 0 Å². The third kappa shape index (κ3) is 3.32. The van der Waals surface area contributed by atoms with Crippen LogP contribution in [0.1, 0.15) is 5.56 Å². The Morgan fingerprint density at radius 2 is 1.95 bits per heavy atom. The maximum atomic E-state index is 6.13. The van der Waals surface area contributed by atoms with Gasteiger partial charge in [-0.1, -0.05) is 29.3 Å². The van der Waals surface area contributed by atoms with Gasteiger partial charge in [0.2, 0.25) is 5.95 Å². The first kappa shape index (κ1) is 13.9. The molecule has 0 atom stereocenters. The standard InChI is InChI=1S/C14H11Cl2N5/c15-11-3-2-10(13(16)6-11)7-19-12-8-20-21(9-12)14-17-4-1-5-18-14/h1-6,8-9,19H,7H2. The van der Waals surface area contributed by atoms with Gasteiger partial charge >= 0.3 is 0 Å². The molecule has 2 aromatic heterocycles. The van der Waals surface area contributed by atoms with Gasteiger partial charge < -0.3 is 5.32 Å². The van der Waals surface area contributed by atoms with Crippen LogP contribution in [0.15, 0.2) is 49.1 Å². The molecule has 3 rings (SSSR count). The van der Waals surface area contributed by atoms with Crippen molar-refractivity contribution >= 4 is 28.9 Å². The van der Waals surface area contributed by atoms with Crippen molar-refractivity contribution in [3.8, 4) is 5.95 Å². The second-order valence-electron chi connectivity index (χ2n) is 4.31. The third-order valence-electron chi connectivity index (χ3n) is 2.84. The molecule has 0 spiro atoms. The summed E-state index contributed by atoms with van der Waals surface area (Å²) in [5.41, 5.74) is 1.82. The number of nitrogens with zero attached hydrogens (tertiary/aromatic N) is 4. The van der Waals surface area contributed by atoms with Crippen molar-refractivity contribution in [2.45, 2.75) is 6.54 Å². The van der Waals surface area contributed by atoms with Gasteiger partial charge in [0.25, 0.3) is 0 Å². The van der Waals surface area contributed by atoms with E-state index in [1.807, 2.05) is 18.3 Å². The Hall–Kier alpha value is -2.11. The Morgan fingerprint density at radius 3 is 2.71 bits per heavy atom. The van der Waals surface area contributed by atoms with E-state index in [2.05, 4.69) is 20.4 Å². The molecule has 0 saturated carbocycles. The number of nitrogens with one attached hydrogen (secondary N) is 1. The maximum absolute atomic E-state index is 6.13. The lowest BCUT2D eigenvalue weighted by Gasteiger charge is -2.06. The van der Waals surface area contributed by atoms with Crippen molar-refractivity contribution < 1.29 is 0 Å². The lowest BCUT2D eigenvalue weighted by Crippen LogP contribution is -2.01. The van der Waals surface area contributed by atoms with Crippen molar-refractivity contribution in [3.05, 3.63) is 64.7 Å². The molecule has 0 aliphatic rings. The van der Waals surface area contributed by atoms with Crippen molar-refractivity contribution in [1.29, 1.82) is 0 Å². The number of hydrogen-bond donors (Lipinski definition) is 1. The molecule has 0 saturated heterocycles. The lowest BCUT2D eigenvalue weighted by atomic mass is 10.2. The molecule has 0 radical (unpaired) electrons. The summed E-state index contributed by atoms with van der Waals surface area (Å²) < 4.78 is 1.60. The highest BCUT2D eigenvalue weighted by Gasteiger charge is 2.04. The number of hydrogen-bond acceptors (Lipinski definition) is 4. The summed E-state index contributed by atoms with van der Waals surface area (Å²) in [7, 11) is 0. The minimum Gasteiger partial charge on any atom is -0.378 e. The molecule has 1 N–H and O–H groups in total. The van der Waals surface area contributed by atoms with Crippen LogP contribution >= 0.6 is 23.2 Å². The fourth-order valence-corrected chi connectivity index (χ4v) is 2.27. The first-order valence-electron chi connectivity index (χ1n) is 6.22. The largest absolute Gasteiger partial charge is 0.378 e. The molecule has 0 fully saturated rings. The number of halogens is 2. The van der Waals surface area contributed by atoms with Gasteiger partial charge in [-0.3, -0.25) is 0 Å². The van der Waals surface area contributed by atoms with Gasteiger partial charge in [-0.05, 0) is 23.8 Å². The summed E-state index contributed by atoms with van der Waals surface area (Å²) in [5.74, 6) is 0.523. The van der Waals surface area contributed by atoms with E-state index >= 15 is 0 Å². The summed E-state index contributed by atoms with van der Waals surface area (Å²) >= 11 is 12.0. The fourth-order valence-electron chi connectivity index (χ4n) is 1.80. The summed E-state index contributed by atoms with van der Waals surface area (Å²) in [6.45, 7) is 0.581. The van der Waals surface area contributed by atoms with Crippen LogP contribution in [-0.4, -0.2) is 19.7 Å². The Bertz CT molecular complexity index is 742. The van der Waals surface area contributed by atoms with E-state index in [9.17, 15) is 0 Å². The summed E-state index contributed by atoms with van der Waals surface area (Å²) in [6.07, 6.45) is 6.87. The zero-order chi connectivity index (χ0) is 14.7. The zero-order valence-corrected chi connectivity index (χ0v) is 12.4. The first-order valence-corrected chi connectivity index (χ1v) is 6.98. The van der Waals surface area contributed by atoms with Crippen LogP contribution < -0.4 is 5.32 Å². The fraction of sp³-hybridized carbons (Fsp3) is 0.0714. The zero-order valence-electron chi connectivity index (χ0n) is 10.9. The third-order valence-corrected chi connectivity index (χ3v) is 3.42. The van der Waals surface area contributed by atoms with Crippen LogP contribution in [0.5, 0.6) is 0 Å². The predicted octanol–water partition coefficient (Wildman–Crippen LogP) is 3.58. The monoisotopic (exact) mass is 319 g/mol. The van der Waals surface area contributed by atoms with Crippen LogP contribution in [0, 0.1) is 0 Å². The van der Waals surface area contributed by atoms with E-state index < -0.39 is 0 Å². The molecule has 21 heavy (non-hydrogen) atoms. The smallest absolute Gasteiger partial charge is 0.250 e. The Morgan fingerprint density at radius 1 is 1.14 bits per heavy atom. The quantitative estimate of drug-likeness (QED) is 0.798. The summed E-state index contributed by atoms with van der Waals surface area (Å²) in [5, 5.41) is 8.71. The summed E-state index contributed by atoms with van der Waals surface area (Å²) in [4.78, 5) is 8.26. The number of benzene rings is 1. The highest BCUT2D eigenvalue weighted by atomic mass is 35.5. The molecule has 2 heterocycles. The van der Waals surface area contributed by atoms with Crippen LogP contribution in [0.3, 0.4) is 0 Å². The molecule has 0 bridgehead atoms. The topological polar surface area (TPSA) is 55.6 Å². The van der Waals surface area contributed by atoms with E-state index in [-0.39, 0.29) is 0 Å². The molecule has 7 heteroatoms. The van der Waals surface area contributed by atoms with Crippen LogP contribution in [0.2, 0.25) is 10.0 Å². The second-order valence-corrected chi connectivity index (χ2v) is 5.16. The van der Waals surface area contributed by atoms with Crippen molar-refractivity contribution in [1.82, 2.24) is 19.7 Å². The first-order chi connectivity index (χ1) is 10.2. The maximum Gasteiger partial charge on any atom is 0.250 e. The van der Waals surface area contributed by atoms with Gasteiger partial charge in [-0.25, -0.2) is 14.6 Å². The summed E-state index contributed by atoms with van der Waals surface area (Å²) in [6, 6.07) is 7.18. The average Bonchev–Trinajstić information content (AvgIpc) is 2.96. The molecule has 3 aromatic rings. The highest BCUT2D eigenvalue weighted by molar-refractivity contribution is 6.35.